The Morgan fingerprint density at radius 1 is 1.56 bits per heavy atom. The molecular weight excluding hydrogens is 234 g/mol. The summed E-state index contributed by atoms with van der Waals surface area (Å²) in [5, 5.41) is 8.96. The van der Waals surface area contributed by atoms with Gasteiger partial charge in [0.15, 0.2) is 11.4 Å². The Bertz CT molecular complexity index is 504. The van der Waals surface area contributed by atoms with Crippen LogP contribution in [0.2, 0.25) is 0 Å². The number of nitrogens with zero attached hydrogens (tertiary/aromatic N) is 2. The third kappa shape index (κ3) is 2.01. The Balaban J connectivity index is 2.27. The average Bonchev–Trinajstić information content (AvgIpc) is 2.97. The van der Waals surface area contributed by atoms with Gasteiger partial charge >= 0.3 is 5.97 Å². The Morgan fingerprint density at radius 3 is 2.89 bits per heavy atom. The van der Waals surface area contributed by atoms with Crippen LogP contribution in [0, 0.1) is 5.92 Å². The number of hydrogen-bond donors (Lipinski definition) is 2. The molecule has 0 saturated heterocycles. The van der Waals surface area contributed by atoms with Crippen LogP contribution >= 0.6 is 0 Å². The van der Waals surface area contributed by atoms with E-state index in [1.165, 1.54) is 6.33 Å². The molecule has 0 aromatic carbocycles. The topological polar surface area (TPSA) is 86.3 Å². The molecule has 1 aliphatic rings. The molecule has 1 amide bonds. The highest BCUT2D eigenvalue weighted by Crippen LogP contribution is 2.20. The lowest BCUT2D eigenvalue weighted by atomic mass is 10.0. The highest BCUT2D eigenvalue weighted by Gasteiger charge is 2.31. The van der Waals surface area contributed by atoms with E-state index in [1.54, 1.807) is 4.90 Å². The normalized spacial score (nSPS) is 18.6. The molecule has 2 rings (SSSR count). The first kappa shape index (κ1) is 12.3. The fraction of sp³-hybridized carbons (Fsp3) is 0.417. The van der Waals surface area contributed by atoms with Crippen molar-refractivity contribution in [2.75, 3.05) is 6.54 Å². The third-order valence-corrected chi connectivity index (χ3v) is 2.99. The number of imidazole rings is 1. The van der Waals surface area contributed by atoms with E-state index in [2.05, 4.69) is 9.97 Å². The van der Waals surface area contributed by atoms with Crippen molar-refractivity contribution in [3.8, 4) is 0 Å². The monoisotopic (exact) mass is 249 g/mol. The molecule has 0 spiro atoms. The first-order valence-electron chi connectivity index (χ1n) is 5.76. The van der Waals surface area contributed by atoms with Crippen LogP contribution in [0.5, 0.6) is 0 Å². The smallest absolute Gasteiger partial charge is 0.354 e. The average molecular weight is 249 g/mol. The van der Waals surface area contributed by atoms with Gasteiger partial charge in [-0.1, -0.05) is 26.0 Å². The van der Waals surface area contributed by atoms with Crippen molar-refractivity contribution in [2.24, 2.45) is 5.92 Å². The van der Waals surface area contributed by atoms with Crippen LogP contribution < -0.4 is 0 Å². The van der Waals surface area contributed by atoms with Crippen LogP contribution in [-0.2, 0) is 0 Å². The summed E-state index contributed by atoms with van der Waals surface area (Å²) < 4.78 is 0. The van der Waals surface area contributed by atoms with Gasteiger partial charge in [0.1, 0.15) is 0 Å². The number of carbonyl (C=O) groups is 2. The van der Waals surface area contributed by atoms with Gasteiger partial charge in [-0.05, 0) is 5.92 Å². The molecule has 1 atom stereocenters. The van der Waals surface area contributed by atoms with Crippen molar-refractivity contribution >= 4 is 11.9 Å². The lowest BCUT2D eigenvalue weighted by Crippen LogP contribution is -2.39. The van der Waals surface area contributed by atoms with Gasteiger partial charge in [0.2, 0.25) is 0 Å². The molecule has 96 valence electrons. The van der Waals surface area contributed by atoms with E-state index < -0.39 is 5.97 Å². The van der Waals surface area contributed by atoms with Crippen LogP contribution in [0.15, 0.2) is 18.5 Å². The number of carboxylic acid groups (broad SMARTS) is 1. The zero-order chi connectivity index (χ0) is 13.3. The van der Waals surface area contributed by atoms with Crippen LogP contribution in [0.4, 0.5) is 0 Å². The maximum Gasteiger partial charge on any atom is 0.354 e. The van der Waals surface area contributed by atoms with E-state index in [0.717, 1.165) is 0 Å². The van der Waals surface area contributed by atoms with Gasteiger partial charge in [0.25, 0.3) is 5.91 Å². The SMILES string of the molecule is CC(C)[C@@H]1C=CCN1C(=O)c1nc[nH]c1C(=O)O. The van der Waals surface area contributed by atoms with Gasteiger partial charge in [-0.3, -0.25) is 4.79 Å². The van der Waals surface area contributed by atoms with Crippen LogP contribution in [0.25, 0.3) is 0 Å². The van der Waals surface area contributed by atoms with Crippen LogP contribution in [0.3, 0.4) is 0 Å². The molecule has 6 heteroatoms. The summed E-state index contributed by atoms with van der Waals surface area (Å²) in [6.45, 7) is 4.53. The number of rotatable bonds is 3. The first-order valence-corrected chi connectivity index (χ1v) is 5.76. The maximum absolute atomic E-state index is 12.3. The van der Waals surface area contributed by atoms with Gasteiger partial charge in [-0.25, -0.2) is 9.78 Å². The fourth-order valence-electron chi connectivity index (χ4n) is 2.10. The molecule has 1 aromatic rings. The van der Waals surface area contributed by atoms with Gasteiger partial charge < -0.3 is 15.0 Å². The largest absolute Gasteiger partial charge is 0.477 e. The van der Waals surface area contributed by atoms with Crippen molar-refractivity contribution in [1.82, 2.24) is 14.9 Å². The summed E-state index contributed by atoms with van der Waals surface area (Å²) >= 11 is 0. The Morgan fingerprint density at radius 2 is 2.28 bits per heavy atom. The molecule has 0 aliphatic carbocycles. The van der Waals surface area contributed by atoms with Gasteiger partial charge in [0.05, 0.1) is 12.4 Å². The first-order chi connectivity index (χ1) is 8.52. The van der Waals surface area contributed by atoms with Gasteiger partial charge in [-0.15, -0.1) is 0 Å². The lowest BCUT2D eigenvalue weighted by molar-refractivity contribution is 0.0658. The molecule has 0 radical (unpaired) electrons. The van der Waals surface area contributed by atoms with Crippen molar-refractivity contribution in [3.05, 3.63) is 29.9 Å². The van der Waals surface area contributed by atoms with Crippen molar-refractivity contribution in [1.29, 1.82) is 0 Å². The summed E-state index contributed by atoms with van der Waals surface area (Å²) in [7, 11) is 0. The van der Waals surface area contributed by atoms with Crippen LogP contribution in [-0.4, -0.2) is 44.4 Å². The number of hydrogen-bond acceptors (Lipinski definition) is 3. The Kier molecular flexibility index (Phi) is 3.18. The Labute approximate surface area is 104 Å². The van der Waals surface area contributed by atoms with Gasteiger partial charge in [0, 0.05) is 6.54 Å². The zero-order valence-electron chi connectivity index (χ0n) is 10.3. The molecule has 2 N–H and O–H groups in total. The fourth-order valence-corrected chi connectivity index (χ4v) is 2.10. The second-order valence-electron chi connectivity index (χ2n) is 4.55. The minimum atomic E-state index is -1.18. The molecule has 18 heavy (non-hydrogen) atoms. The van der Waals surface area contributed by atoms with Crippen LogP contribution in [0.1, 0.15) is 34.8 Å². The molecule has 2 heterocycles. The number of nitrogens with one attached hydrogen (secondary N) is 1. The number of amides is 1. The number of carboxylic acids is 1. The molecule has 6 nitrogen and oxygen atoms in total. The second-order valence-corrected chi connectivity index (χ2v) is 4.55. The zero-order valence-corrected chi connectivity index (χ0v) is 10.3. The highest BCUT2D eigenvalue weighted by molar-refractivity contribution is 6.02. The maximum atomic E-state index is 12.3. The summed E-state index contributed by atoms with van der Waals surface area (Å²) in [6, 6.07) is -0.00385. The van der Waals surface area contributed by atoms with E-state index in [0.29, 0.717) is 6.54 Å². The van der Waals surface area contributed by atoms with E-state index in [9.17, 15) is 9.59 Å². The highest BCUT2D eigenvalue weighted by atomic mass is 16.4. The molecular formula is C12H15N3O3. The Hall–Kier alpha value is -2.11. The van der Waals surface area contributed by atoms with Crippen molar-refractivity contribution in [2.45, 2.75) is 19.9 Å². The van der Waals surface area contributed by atoms with E-state index >= 15 is 0 Å². The minimum absolute atomic E-state index is 0.00385. The summed E-state index contributed by atoms with van der Waals surface area (Å²) in [6.07, 6.45) is 5.11. The molecule has 1 aliphatic heterocycles. The lowest BCUT2D eigenvalue weighted by Gasteiger charge is -2.26. The number of carbonyl (C=O) groups excluding carboxylic acids is 1. The molecule has 0 bridgehead atoms. The summed E-state index contributed by atoms with van der Waals surface area (Å²) in [5.41, 5.74) is -0.189. The predicted molar refractivity (Wildman–Crippen MR) is 64.3 cm³/mol. The molecule has 0 saturated carbocycles. The van der Waals surface area contributed by atoms with Crippen molar-refractivity contribution < 1.29 is 14.7 Å². The summed E-state index contributed by atoms with van der Waals surface area (Å²) in [4.78, 5) is 31.2. The number of aromatic amines is 1. The van der Waals surface area contributed by atoms with Gasteiger partial charge in [-0.2, -0.15) is 0 Å². The van der Waals surface area contributed by atoms with E-state index in [4.69, 9.17) is 5.11 Å². The second kappa shape index (κ2) is 4.64. The molecule has 0 fully saturated rings. The predicted octanol–water partition coefficient (Wildman–Crippen LogP) is 1.14. The number of aromatic nitrogens is 2. The molecule has 0 unspecified atom stereocenters. The minimum Gasteiger partial charge on any atom is -0.477 e. The third-order valence-electron chi connectivity index (χ3n) is 2.99. The van der Waals surface area contributed by atoms with Crippen molar-refractivity contribution in [3.63, 3.8) is 0 Å². The van der Waals surface area contributed by atoms with E-state index in [1.807, 2.05) is 26.0 Å². The number of aromatic carboxylic acids is 1. The molecule has 1 aromatic heterocycles. The quantitative estimate of drug-likeness (QED) is 0.786. The van der Waals surface area contributed by atoms with E-state index in [-0.39, 0.29) is 29.3 Å². The number of H-pyrrole nitrogens is 1. The summed E-state index contributed by atoms with van der Waals surface area (Å²) in [5.74, 6) is -1.25. The standard InChI is InChI=1S/C12H15N3O3/c1-7(2)8-4-3-5-15(8)11(16)9-10(12(17)18)14-6-13-9/h3-4,6-8H,5H2,1-2H3,(H,13,14)(H,17,18)/t8-/m0/s1.